The summed E-state index contributed by atoms with van der Waals surface area (Å²) in [5.74, 6) is 3.08. The summed E-state index contributed by atoms with van der Waals surface area (Å²) in [5.41, 5.74) is 4.12. The normalized spacial score (nSPS) is 18.6. The van der Waals surface area contributed by atoms with Crippen LogP contribution in [0.3, 0.4) is 0 Å². The Labute approximate surface area is 175 Å². The molecule has 2 aliphatic rings. The quantitative estimate of drug-likeness (QED) is 0.552. The predicted octanol–water partition coefficient (Wildman–Crippen LogP) is 5.66. The lowest BCUT2D eigenvalue weighted by atomic mass is 9.59. The van der Waals surface area contributed by atoms with E-state index in [1.807, 2.05) is 0 Å². The molecule has 0 atom stereocenters. The van der Waals surface area contributed by atoms with Gasteiger partial charge in [-0.15, -0.1) is 10.2 Å². The molecule has 0 N–H and O–H groups in total. The third kappa shape index (κ3) is 4.17. The second-order valence-corrected chi connectivity index (χ2v) is 9.53. The Hall–Kier alpha value is -1.97. The first kappa shape index (κ1) is 20.3. The van der Waals surface area contributed by atoms with E-state index in [2.05, 4.69) is 60.7 Å². The van der Waals surface area contributed by atoms with Crippen molar-refractivity contribution in [1.82, 2.24) is 14.8 Å². The van der Waals surface area contributed by atoms with E-state index in [0.717, 1.165) is 11.4 Å². The number of hydrogen-bond acceptors (Lipinski definition) is 3. The zero-order valence-electron chi connectivity index (χ0n) is 18.5. The van der Waals surface area contributed by atoms with E-state index in [1.165, 1.54) is 55.5 Å². The summed E-state index contributed by atoms with van der Waals surface area (Å²) in [6.07, 6.45) is 9.27. The van der Waals surface area contributed by atoms with E-state index in [9.17, 15) is 4.79 Å². The van der Waals surface area contributed by atoms with Gasteiger partial charge in [0.15, 0.2) is 0 Å². The Morgan fingerprint density at radius 3 is 2.48 bits per heavy atom. The molecule has 2 saturated carbocycles. The zero-order valence-corrected chi connectivity index (χ0v) is 18.5. The van der Waals surface area contributed by atoms with Crippen LogP contribution in [0.25, 0.3) is 0 Å². The molecular weight excluding hydrogens is 358 g/mol. The number of benzene rings is 1. The number of carbonyl (C=O) groups excluding carboxylic acids is 1. The molecule has 0 spiro atoms. The average Bonchev–Trinajstić information content (AvgIpc) is 3.42. The Bertz CT molecular complexity index is 881. The molecule has 0 aliphatic heterocycles. The first-order valence-corrected chi connectivity index (χ1v) is 11.5. The molecule has 4 rings (SSSR count). The lowest BCUT2D eigenvalue weighted by Crippen LogP contribution is -2.36. The van der Waals surface area contributed by atoms with Gasteiger partial charge in [-0.1, -0.05) is 50.5 Å². The minimum Gasteiger partial charge on any atom is -0.312 e. The number of Topliss-reactive ketones (excluding diaryl/α,β-unsaturated/α-hetero) is 1. The minimum absolute atomic E-state index is 0.295. The fourth-order valence-corrected chi connectivity index (χ4v) is 5.11. The first-order chi connectivity index (χ1) is 13.9. The molecule has 0 radical (unpaired) electrons. The fourth-order valence-electron chi connectivity index (χ4n) is 5.11. The maximum atomic E-state index is 12.6. The molecule has 0 saturated heterocycles. The highest BCUT2D eigenvalue weighted by Gasteiger charge is 2.45. The highest BCUT2D eigenvalue weighted by molar-refractivity contribution is 5.81. The molecule has 29 heavy (non-hydrogen) atoms. The molecule has 4 nitrogen and oxygen atoms in total. The molecule has 2 fully saturated rings. The summed E-state index contributed by atoms with van der Waals surface area (Å²) in [5, 5.41) is 9.17. The molecule has 156 valence electrons. The number of aromatic nitrogens is 3. The van der Waals surface area contributed by atoms with Gasteiger partial charge < -0.3 is 4.57 Å². The van der Waals surface area contributed by atoms with Crippen molar-refractivity contribution in [3.8, 4) is 0 Å². The smallest absolute Gasteiger partial charge is 0.137 e. The molecule has 1 aromatic carbocycles. The number of hydrogen-bond donors (Lipinski definition) is 0. The highest BCUT2D eigenvalue weighted by atomic mass is 16.1. The third-order valence-corrected chi connectivity index (χ3v) is 7.44. The number of nitrogens with zero attached hydrogens (tertiary/aromatic N) is 3. The van der Waals surface area contributed by atoms with Crippen molar-refractivity contribution in [1.29, 1.82) is 0 Å². The summed E-state index contributed by atoms with van der Waals surface area (Å²) >= 11 is 0. The Kier molecular flexibility index (Phi) is 5.63. The van der Waals surface area contributed by atoms with Crippen molar-refractivity contribution in [2.45, 2.75) is 97.4 Å². The van der Waals surface area contributed by atoms with Crippen LogP contribution in [0.5, 0.6) is 0 Å². The number of carbonyl (C=O) groups is 1. The van der Waals surface area contributed by atoms with Gasteiger partial charge in [0.25, 0.3) is 0 Å². The van der Waals surface area contributed by atoms with Gasteiger partial charge >= 0.3 is 0 Å². The van der Waals surface area contributed by atoms with Crippen LogP contribution in [0.2, 0.25) is 0 Å². The van der Waals surface area contributed by atoms with Gasteiger partial charge in [-0.2, -0.15) is 0 Å². The van der Waals surface area contributed by atoms with Crippen LogP contribution in [0, 0.1) is 19.3 Å². The molecular formula is C25H35N3O. The Balaban J connectivity index is 1.40. The molecule has 1 heterocycles. The minimum atomic E-state index is 0.295. The monoisotopic (exact) mass is 393 g/mol. The highest BCUT2D eigenvalue weighted by Crippen LogP contribution is 2.55. The van der Waals surface area contributed by atoms with E-state index in [1.54, 1.807) is 0 Å². The van der Waals surface area contributed by atoms with Crippen LogP contribution in [0.15, 0.2) is 18.2 Å². The maximum absolute atomic E-state index is 12.6. The summed E-state index contributed by atoms with van der Waals surface area (Å²) in [7, 11) is 0. The van der Waals surface area contributed by atoms with Crippen molar-refractivity contribution in [3.05, 3.63) is 46.5 Å². The van der Waals surface area contributed by atoms with Crippen LogP contribution in [-0.2, 0) is 17.6 Å². The fraction of sp³-hybridized carbons (Fsp3) is 0.640. The topological polar surface area (TPSA) is 47.8 Å². The van der Waals surface area contributed by atoms with E-state index < -0.39 is 0 Å². The van der Waals surface area contributed by atoms with Gasteiger partial charge in [-0.05, 0) is 56.1 Å². The van der Waals surface area contributed by atoms with Gasteiger partial charge in [-0.25, -0.2) is 0 Å². The van der Waals surface area contributed by atoms with Gasteiger partial charge in [0, 0.05) is 31.2 Å². The van der Waals surface area contributed by atoms with E-state index in [0.29, 0.717) is 42.4 Å². The number of rotatable bonds is 9. The van der Waals surface area contributed by atoms with Crippen molar-refractivity contribution in [2.75, 3.05) is 0 Å². The second-order valence-electron chi connectivity index (χ2n) is 9.53. The molecule has 0 amide bonds. The molecule has 2 aliphatic carbocycles. The van der Waals surface area contributed by atoms with Gasteiger partial charge in [0.05, 0.1) is 0 Å². The Morgan fingerprint density at radius 1 is 1.14 bits per heavy atom. The zero-order chi connectivity index (χ0) is 20.6. The van der Waals surface area contributed by atoms with Crippen LogP contribution in [0.1, 0.15) is 99.1 Å². The lowest BCUT2D eigenvalue weighted by Gasteiger charge is -2.46. The SMILES string of the molecule is CCC1(CC)CC(c2nnc(CCC(=O)Cc3ccc(C)cc3C)n2C2CC2)C1. The van der Waals surface area contributed by atoms with Gasteiger partial charge in [0.2, 0.25) is 0 Å². The summed E-state index contributed by atoms with van der Waals surface area (Å²) in [4.78, 5) is 12.6. The van der Waals surface area contributed by atoms with E-state index in [-0.39, 0.29) is 0 Å². The first-order valence-electron chi connectivity index (χ1n) is 11.5. The van der Waals surface area contributed by atoms with Crippen molar-refractivity contribution < 1.29 is 4.79 Å². The summed E-state index contributed by atoms with van der Waals surface area (Å²) in [6.45, 7) is 8.82. The Morgan fingerprint density at radius 2 is 1.86 bits per heavy atom. The standard InChI is InChI=1S/C25H35N3O/c1-5-25(6-2)15-20(16-25)24-27-26-23(28(24)21-9-10-21)12-11-22(29)14-19-8-7-17(3)13-18(19)4/h7-8,13,20-21H,5-6,9-12,14-16H2,1-4H3. The molecule has 0 bridgehead atoms. The van der Waals surface area contributed by atoms with Gasteiger partial charge in [-0.3, -0.25) is 4.79 Å². The molecule has 1 aromatic heterocycles. The average molecular weight is 394 g/mol. The predicted molar refractivity (Wildman–Crippen MR) is 116 cm³/mol. The van der Waals surface area contributed by atoms with Crippen molar-refractivity contribution in [2.24, 2.45) is 5.41 Å². The molecule has 4 heteroatoms. The summed E-state index contributed by atoms with van der Waals surface area (Å²) < 4.78 is 2.41. The molecule has 0 unspecified atom stereocenters. The largest absolute Gasteiger partial charge is 0.312 e. The van der Waals surface area contributed by atoms with E-state index in [4.69, 9.17) is 0 Å². The molecule has 2 aromatic rings. The van der Waals surface area contributed by atoms with Crippen LogP contribution in [-0.4, -0.2) is 20.5 Å². The van der Waals surface area contributed by atoms with Crippen molar-refractivity contribution >= 4 is 5.78 Å². The van der Waals surface area contributed by atoms with Crippen molar-refractivity contribution in [3.63, 3.8) is 0 Å². The van der Waals surface area contributed by atoms with E-state index >= 15 is 0 Å². The van der Waals surface area contributed by atoms with Crippen LogP contribution < -0.4 is 0 Å². The van der Waals surface area contributed by atoms with Gasteiger partial charge in [0.1, 0.15) is 17.4 Å². The summed E-state index contributed by atoms with van der Waals surface area (Å²) in [6, 6.07) is 6.92. The number of ketones is 1. The third-order valence-electron chi connectivity index (χ3n) is 7.44. The van der Waals surface area contributed by atoms with Crippen LogP contribution >= 0.6 is 0 Å². The second kappa shape index (κ2) is 8.04. The number of aryl methyl sites for hydroxylation is 3. The van der Waals surface area contributed by atoms with Crippen LogP contribution in [0.4, 0.5) is 0 Å². The lowest BCUT2D eigenvalue weighted by molar-refractivity contribution is -0.118. The maximum Gasteiger partial charge on any atom is 0.137 e.